The number of methoxy groups -OCH3 is 1. The number of ether oxygens (including phenoxy) is 1. The molecule has 4 nitrogen and oxygen atoms in total. The Hall–Kier alpha value is -2.23. The van der Waals surface area contributed by atoms with E-state index in [0.29, 0.717) is 0 Å². The number of hydrogen-bond acceptors (Lipinski definition) is 2. The molecular formula is C13H13N2O2+. The van der Waals surface area contributed by atoms with Gasteiger partial charge >= 0.3 is 0 Å². The Morgan fingerprint density at radius 2 is 2.06 bits per heavy atom. The molecule has 0 unspecified atom stereocenters. The van der Waals surface area contributed by atoms with Crippen LogP contribution >= 0.6 is 0 Å². The van der Waals surface area contributed by atoms with E-state index in [-0.39, 0.29) is 0 Å². The van der Waals surface area contributed by atoms with Gasteiger partial charge in [-0.25, -0.2) is 0 Å². The number of aromatic amines is 1. The van der Waals surface area contributed by atoms with E-state index in [1.165, 1.54) is 0 Å². The van der Waals surface area contributed by atoms with Crippen LogP contribution in [0.1, 0.15) is 5.69 Å². The molecule has 2 aromatic heterocycles. The van der Waals surface area contributed by atoms with Crippen molar-refractivity contribution in [2.75, 3.05) is 7.11 Å². The molecule has 0 amide bonds. The molecule has 2 heterocycles. The summed E-state index contributed by atoms with van der Waals surface area (Å²) in [6, 6.07) is 7.81. The number of aryl methyl sites for hydroxylation is 1. The molecule has 2 N–H and O–H groups in total. The largest absolute Gasteiger partial charge is 0.497 e. The molecule has 0 spiro atoms. The fraction of sp³-hybridized carbons (Fsp3) is 0.154. The fourth-order valence-electron chi connectivity index (χ4n) is 2.16. The predicted octanol–water partition coefficient (Wildman–Crippen LogP) is 2.16. The van der Waals surface area contributed by atoms with Gasteiger partial charge < -0.3 is 9.72 Å². The Balaban J connectivity index is 2.45. The average molecular weight is 229 g/mol. The maximum absolute atomic E-state index is 9.62. The first-order chi connectivity index (χ1) is 8.20. The summed E-state index contributed by atoms with van der Waals surface area (Å²) >= 11 is 0. The van der Waals surface area contributed by atoms with Crippen molar-refractivity contribution >= 4 is 21.8 Å². The van der Waals surface area contributed by atoms with Crippen LogP contribution in [-0.4, -0.2) is 17.3 Å². The number of benzene rings is 1. The molecule has 17 heavy (non-hydrogen) atoms. The van der Waals surface area contributed by atoms with Gasteiger partial charge in [0.2, 0.25) is 6.20 Å². The molecule has 0 bridgehead atoms. The van der Waals surface area contributed by atoms with Crippen LogP contribution in [0.4, 0.5) is 0 Å². The summed E-state index contributed by atoms with van der Waals surface area (Å²) < 4.78 is 6.32. The molecule has 0 saturated heterocycles. The van der Waals surface area contributed by atoms with Crippen molar-refractivity contribution in [1.82, 2.24) is 4.98 Å². The highest BCUT2D eigenvalue weighted by atomic mass is 16.5. The Morgan fingerprint density at radius 1 is 1.24 bits per heavy atom. The molecule has 3 aromatic rings. The minimum atomic E-state index is 0.790. The molecule has 0 saturated carbocycles. The van der Waals surface area contributed by atoms with Gasteiger partial charge in [0.1, 0.15) is 11.3 Å². The Kier molecular flexibility index (Phi) is 1.98. The summed E-state index contributed by atoms with van der Waals surface area (Å²) in [6.45, 7) is 1.87. The van der Waals surface area contributed by atoms with Gasteiger partial charge in [0.15, 0.2) is 0 Å². The van der Waals surface area contributed by atoms with Crippen LogP contribution in [0.2, 0.25) is 0 Å². The molecule has 0 fully saturated rings. The van der Waals surface area contributed by atoms with Crippen LogP contribution < -0.4 is 9.47 Å². The van der Waals surface area contributed by atoms with Gasteiger partial charge in [-0.2, -0.15) is 0 Å². The van der Waals surface area contributed by atoms with Crippen LogP contribution in [0.3, 0.4) is 0 Å². The Morgan fingerprint density at radius 3 is 2.82 bits per heavy atom. The highest BCUT2D eigenvalue weighted by Gasteiger charge is 2.14. The second-order valence-corrected chi connectivity index (χ2v) is 4.07. The van der Waals surface area contributed by atoms with E-state index in [1.54, 1.807) is 13.3 Å². The molecule has 0 aliphatic carbocycles. The van der Waals surface area contributed by atoms with Crippen molar-refractivity contribution in [2.45, 2.75) is 6.92 Å². The maximum Gasteiger partial charge on any atom is 0.254 e. The van der Waals surface area contributed by atoms with Crippen LogP contribution in [0.5, 0.6) is 5.75 Å². The third-order valence-electron chi connectivity index (χ3n) is 3.13. The molecule has 3 rings (SSSR count). The van der Waals surface area contributed by atoms with Gasteiger partial charge in [-0.05, 0) is 12.1 Å². The Bertz CT molecular complexity index is 716. The zero-order valence-corrected chi connectivity index (χ0v) is 9.69. The van der Waals surface area contributed by atoms with E-state index < -0.39 is 0 Å². The van der Waals surface area contributed by atoms with Crippen molar-refractivity contribution in [3.8, 4) is 5.75 Å². The topological polar surface area (TPSA) is 49.1 Å². The number of hydrogen-bond donors (Lipinski definition) is 2. The Labute approximate surface area is 98.0 Å². The molecule has 1 aromatic carbocycles. The van der Waals surface area contributed by atoms with E-state index in [9.17, 15) is 5.21 Å². The van der Waals surface area contributed by atoms with Gasteiger partial charge in [0, 0.05) is 34.6 Å². The fourth-order valence-corrected chi connectivity index (χ4v) is 2.16. The zero-order chi connectivity index (χ0) is 12.0. The first kappa shape index (κ1) is 9.96. The zero-order valence-electron chi connectivity index (χ0n) is 9.69. The summed E-state index contributed by atoms with van der Waals surface area (Å²) in [5.41, 5.74) is 2.74. The highest BCUT2D eigenvalue weighted by Crippen LogP contribution is 2.28. The summed E-state index contributed by atoms with van der Waals surface area (Å²) in [6.07, 6.45) is 1.65. The summed E-state index contributed by atoms with van der Waals surface area (Å²) in [7, 11) is 1.65. The second-order valence-electron chi connectivity index (χ2n) is 4.07. The van der Waals surface area contributed by atoms with Gasteiger partial charge in [-0.3, -0.25) is 5.21 Å². The highest BCUT2D eigenvalue weighted by molar-refractivity contribution is 6.07. The van der Waals surface area contributed by atoms with Gasteiger partial charge in [-0.1, -0.05) is 0 Å². The van der Waals surface area contributed by atoms with Crippen molar-refractivity contribution < 1.29 is 14.7 Å². The van der Waals surface area contributed by atoms with Crippen LogP contribution in [-0.2, 0) is 0 Å². The van der Waals surface area contributed by atoms with E-state index in [4.69, 9.17) is 4.74 Å². The summed E-state index contributed by atoms with van der Waals surface area (Å²) in [5.74, 6) is 0.818. The molecular weight excluding hydrogens is 216 g/mol. The lowest BCUT2D eigenvalue weighted by molar-refractivity contribution is -0.907. The number of H-pyrrole nitrogens is 1. The maximum atomic E-state index is 9.62. The van der Waals surface area contributed by atoms with E-state index in [2.05, 4.69) is 4.98 Å². The van der Waals surface area contributed by atoms with Crippen LogP contribution in [0.15, 0.2) is 30.5 Å². The minimum absolute atomic E-state index is 0.790. The smallest absolute Gasteiger partial charge is 0.254 e. The average Bonchev–Trinajstić information content (AvgIpc) is 2.72. The normalized spacial score (nSPS) is 11.2. The molecule has 4 heteroatoms. The second kappa shape index (κ2) is 3.38. The number of pyridine rings is 1. The van der Waals surface area contributed by atoms with Gasteiger partial charge in [0.05, 0.1) is 12.6 Å². The molecule has 0 aliphatic rings. The lowest BCUT2D eigenvalue weighted by atomic mass is 10.1. The number of rotatable bonds is 1. The lowest BCUT2D eigenvalue weighted by Crippen LogP contribution is -2.32. The quantitative estimate of drug-likeness (QED) is 0.496. The summed E-state index contributed by atoms with van der Waals surface area (Å²) in [4.78, 5) is 3.30. The SMILES string of the molecule is COc1ccc2c(c1)[nH]c1c(C)[n+](O)ccc12. The van der Waals surface area contributed by atoms with Crippen molar-refractivity contribution in [2.24, 2.45) is 0 Å². The van der Waals surface area contributed by atoms with Gasteiger partial charge in [0.25, 0.3) is 5.69 Å². The first-order valence-electron chi connectivity index (χ1n) is 5.40. The monoisotopic (exact) mass is 229 g/mol. The van der Waals surface area contributed by atoms with Crippen LogP contribution in [0.25, 0.3) is 21.8 Å². The first-order valence-corrected chi connectivity index (χ1v) is 5.40. The third kappa shape index (κ3) is 1.34. The van der Waals surface area contributed by atoms with Crippen molar-refractivity contribution in [1.29, 1.82) is 0 Å². The lowest BCUT2D eigenvalue weighted by Gasteiger charge is -1.97. The number of fused-ring (bicyclic) bond motifs is 3. The predicted molar refractivity (Wildman–Crippen MR) is 64.5 cm³/mol. The molecule has 86 valence electrons. The van der Waals surface area contributed by atoms with Crippen molar-refractivity contribution in [3.05, 3.63) is 36.2 Å². The van der Waals surface area contributed by atoms with E-state index in [1.807, 2.05) is 31.2 Å². The number of nitrogens with one attached hydrogen (secondary N) is 1. The van der Waals surface area contributed by atoms with Crippen LogP contribution in [0, 0.1) is 6.92 Å². The minimum Gasteiger partial charge on any atom is -0.497 e. The molecule has 0 atom stereocenters. The molecule has 0 aliphatic heterocycles. The van der Waals surface area contributed by atoms with Crippen molar-refractivity contribution in [3.63, 3.8) is 0 Å². The standard InChI is InChI=1S/C13H12N2O2/c1-8-13-11(5-6-15(8)16)10-4-3-9(17-2)7-12(10)14-13/h3-7,16H,1-2H3/p+1. The number of aromatic nitrogens is 2. The number of nitrogens with zero attached hydrogens (tertiary/aromatic N) is 1. The molecule has 0 radical (unpaired) electrons. The summed E-state index contributed by atoms with van der Waals surface area (Å²) in [5, 5.41) is 11.8. The van der Waals surface area contributed by atoms with E-state index in [0.717, 1.165) is 38.0 Å². The third-order valence-corrected chi connectivity index (χ3v) is 3.13. The van der Waals surface area contributed by atoms with E-state index >= 15 is 0 Å². The van der Waals surface area contributed by atoms with Gasteiger partial charge in [-0.15, -0.1) is 0 Å².